The first kappa shape index (κ1) is 35.3. The van der Waals surface area contributed by atoms with E-state index in [1.165, 1.54) is 11.3 Å². The number of sulfonamides is 1. The largest absolute Gasteiger partial charge is 0.489 e. The minimum Gasteiger partial charge on any atom is -0.489 e. The van der Waals surface area contributed by atoms with Crippen LogP contribution in [0.25, 0.3) is 10.1 Å². The number of carbonyl (C=O) groups excluding carboxylic acids is 1. The van der Waals surface area contributed by atoms with Crippen molar-refractivity contribution in [3.05, 3.63) is 46.6 Å². The highest BCUT2D eigenvalue weighted by molar-refractivity contribution is 7.90. The second kappa shape index (κ2) is 14.9. The topological polar surface area (TPSA) is 120 Å². The van der Waals surface area contributed by atoms with Crippen LogP contribution < -0.4 is 20.1 Å². The first-order chi connectivity index (χ1) is 21.7. The zero-order valence-corrected chi connectivity index (χ0v) is 27.2. The zero-order valence-electron chi connectivity index (χ0n) is 25.6. The number of anilines is 2. The number of halogens is 4. The van der Waals surface area contributed by atoms with Crippen molar-refractivity contribution >= 4 is 48.7 Å². The molecule has 250 valence electrons. The summed E-state index contributed by atoms with van der Waals surface area (Å²) >= 11 is 1.17. The Morgan fingerprint density at radius 1 is 1.15 bits per heavy atom. The Balaban J connectivity index is 1.60. The van der Waals surface area contributed by atoms with Crippen LogP contribution in [0.4, 0.5) is 28.9 Å². The molecule has 1 fully saturated rings. The maximum absolute atomic E-state index is 14.8. The molecule has 0 spiro atoms. The van der Waals surface area contributed by atoms with Gasteiger partial charge in [-0.3, -0.25) is 4.79 Å². The average molecular weight is 685 g/mol. The molecule has 1 heterocycles. The van der Waals surface area contributed by atoms with Crippen molar-refractivity contribution in [3.63, 3.8) is 0 Å². The van der Waals surface area contributed by atoms with Crippen molar-refractivity contribution in [2.45, 2.75) is 62.2 Å². The number of fused-ring (bicyclic) bond motifs is 1. The summed E-state index contributed by atoms with van der Waals surface area (Å²) in [5.41, 5.74) is 0.829. The molecule has 4 rings (SSSR count). The SMILES string of the molecule is CC(=O)NS(=O)(=O)c1cc(OCCO)c(NCC#Cc2sc3c(NC4CCC(N(C)C)CC4)cccc3c2CC(F)(F)F)cc1F. The summed E-state index contributed by atoms with van der Waals surface area (Å²) in [5.74, 6) is 3.37. The van der Waals surface area contributed by atoms with Crippen LogP contribution in [0.2, 0.25) is 0 Å². The molecule has 1 aromatic heterocycles. The van der Waals surface area contributed by atoms with Crippen molar-refractivity contribution in [3.8, 4) is 17.6 Å². The molecule has 4 N–H and O–H groups in total. The number of nitrogens with one attached hydrogen (secondary N) is 3. The van der Waals surface area contributed by atoms with E-state index >= 15 is 0 Å². The molecule has 3 aromatic rings. The summed E-state index contributed by atoms with van der Waals surface area (Å²) < 4.78 is 88.4. The number of amides is 1. The van der Waals surface area contributed by atoms with E-state index in [0.717, 1.165) is 50.4 Å². The van der Waals surface area contributed by atoms with Crippen LogP contribution in [0.5, 0.6) is 5.75 Å². The summed E-state index contributed by atoms with van der Waals surface area (Å²) in [4.78, 5) is 12.9. The third-order valence-corrected chi connectivity index (χ3v) is 10.1. The Bertz CT molecular complexity index is 1720. The summed E-state index contributed by atoms with van der Waals surface area (Å²) in [5, 5.41) is 16.0. The molecule has 1 saturated carbocycles. The van der Waals surface area contributed by atoms with E-state index in [9.17, 15) is 30.8 Å². The van der Waals surface area contributed by atoms with Crippen molar-refractivity contribution in [2.24, 2.45) is 0 Å². The van der Waals surface area contributed by atoms with Gasteiger partial charge in [-0.15, -0.1) is 11.3 Å². The number of alkyl halides is 3. The van der Waals surface area contributed by atoms with Crippen LogP contribution in [0.3, 0.4) is 0 Å². The van der Waals surface area contributed by atoms with Crippen LogP contribution in [0, 0.1) is 17.7 Å². The second-order valence-electron chi connectivity index (χ2n) is 11.2. The smallest absolute Gasteiger partial charge is 0.393 e. The molecular weight excluding hydrogens is 648 g/mol. The molecule has 0 bridgehead atoms. The fourth-order valence-electron chi connectivity index (χ4n) is 5.38. The van der Waals surface area contributed by atoms with E-state index < -0.39 is 45.8 Å². The van der Waals surface area contributed by atoms with Crippen LogP contribution in [0.1, 0.15) is 43.0 Å². The van der Waals surface area contributed by atoms with Crippen molar-refractivity contribution in [1.82, 2.24) is 9.62 Å². The lowest BCUT2D eigenvalue weighted by atomic mass is 9.90. The quantitative estimate of drug-likeness (QED) is 0.163. The highest BCUT2D eigenvalue weighted by Crippen LogP contribution is 2.40. The number of rotatable bonds is 11. The van der Waals surface area contributed by atoms with Gasteiger partial charge in [0.25, 0.3) is 10.0 Å². The summed E-state index contributed by atoms with van der Waals surface area (Å²) in [6.07, 6.45) is -1.67. The normalized spacial score (nSPS) is 17.0. The molecule has 0 saturated heterocycles. The molecular formula is C31H36F4N4O5S2. The van der Waals surface area contributed by atoms with Crippen LogP contribution in [-0.2, 0) is 21.2 Å². The van der Waals surface area contributed by atoms with E-state index in [1.54, 1.807) is 16.9 Å². The minimum atomic E-state index is -4.54. The van der Waals surface area contributed by atoms with E-state index in [0.29, 0.717) is 16.1 Å². The van der Waals surface area contributed by atoms with Gasteiger partial charge < -0.3 is 25.4 Å². The lowest BCUT2D eigenvalue weighted by Crippen LogP contribution is -2.36. The number of ether oxygens (including phenoxy) is 1. The van der Waals surface area contributed by atoms with Gasteiger partial charge in [0, 0.05) is 31.1 Å². The molecule has 0 atom stereocenters. The monoisotopic (exact) mass is 684 g/mol. The Kier molecular flexibility index (Phi) is 11.4. The first-order valence-corrected chi connectivity index (χ1v) is 16.9. The number of aliphatic hydroxyl groups is 1. The van der Waals surface area contributed by atoms with Crippen LogP contribution in [-0.4, -0.2) is 76.4 Å². The molecule has 0 unspecified atom stereocenters. The summed E-state index contributed by atoms with van der Waals surface area (Å²) in [6, 6.07) is 7.67. The van der Waals surface area contributed by atoms with Crippen molar-refractivity contribution in [2.75, 3.05) is 44.5 Å². The minimum absolute atomic E-state index is 0.00986. The molecule has 1 aliphatic rings. The van der Waals surface area contributed by atoms with E-state index in [-0.39, 0.29) is 41.1 Å². The van der Waals surface area contributed by atoms with Crippen molar-refractivity contribution < 1.29 is 40.6 Å². The molecule has 15 heteroatoms. The molecule has 0 aliphatic heterocycles. The Labute approximate surface area is 269 Å². The number of hydrogen-bond acceptors (Lipinski definition) is 9. The highest BCUT2D eigenvalue weighted by Gasteiger charge is 2.31. The van der Waals surface area contributed by atoms with Gasteiger partial charge in [0.05, 0.1) is 40.5 Å². The van der Waals surface area contributed by atoms with Gasteiger partial charge in [-0.1, -0.05) is 24.0 Å². The molecule has 1 aliphatic carbocycles. The number of nitrogens with zero attached hydrogens (tertiary/aromatic N) is 1. The van der Waals surface area contributed by atoms with Gasteiger partial charge in [-0.25, -0.2) is 17.5 Å². The summed E-state index contributed by atoms with van der Waals surface area (Å²) in [7, 11) is -0.415. The third kappa shape index (κ3) is 9.03. The van der Waals surface area contributed by atoms with Crippen LogP contribution in [0.15, 0.2) is 35.2 Å². The number of hydrogen-bond donors (Lipinski definition) is 4. The Morgan fingerprint density at radius 3 is 2.50 bits per heavy atom. The number of thiophene rings is 1. The highest BCUT2D eigenvalue weighted by atomic mass is 32.2. The standard InChI is InChI=1S/C31H36F4N4O5S2/c1-19(41)38-46(42,43)29-17-27(44-15-14-40)26(16-24(29)32)36-13-5-8-28-23(18-31(33,34)35)22-6-4-7-25(30(22)45-28)37-20-9-11-21(12-10-20)39(2)3/h4,6-7,16-17,20-21,36-37,40H,9-15,18H2,1-3H3,(H,38,41). The number of aliphatic hydroxyl groups excluding tert-OH is 1. The predicted molar refractivity (Wildman–Crippen MR) is 170 cm³/mol. The summed E-state index contributed by atoms with van der Waals surface area (Å²) in [6.45, 7) is 0.124. The molecule has 2 aromatic carbocycles. The van der Waals surface area contributed by atoms with E-state index in [1.807, 2.05) is 6.07 Å². The fourth-order valence-corrected chi connectivity index (χ4v) is 7.62. The third-order valence-electron chi connectivity index (χ3n) is 7.50. The maximum atomic E-state index is 14.8. The Hall–Kier alpha value is -3.58. The molecule has 9 nitrogen and oxygen atoms in total. The molecule has 46 heavy (non-hydrogen) atoms. The van der Waals surface area contributed by atoms with Gasteiger partial charge in [0.1, 0.15) is 23.1 Å². The first-order valence-electron chi connectivity index (χ1n) is 14.6. The van der Waals surface area contributed by atoms with Crippen LogP contribution >= 0.6 is 11.3 Å². The average Bonchev–Trinajstić information content (AvgIpc) is 3.30. The van der Waals surface area contributed by atoms with Gasteiger partial charge in [0.2, 0.25) is 5.91 Å². The molecule has 1 amide bonds. The maximum Gasteiger partial charge on any atom is 0.393 e. The van der Waals surface area contributed by atoms with Gasteiger partial charge in [-0.2, -0.15) is 13.2 Å². The van der Waals surface area contributed by atoms with Gasteiger partial charge in [-0.05, 0) is 56.8 Å². The predicted octanol–water partition coefficient (Wildman–Crippen LogP) is 5.09. The lowest BCUT2D eigenvalue weighted by Gasteiger charge is -2.33. The van der Waals surface area contributed by atoms with E-state index in [4.69, 9.17) is 9.84 Å². The molecule has 0 radical (unpaired) electrons. The van der Waals surface area contributed by atoms with Gasteiger partial charge >= 0.3 is 6.18 Å². The number of benzene rings is 2. The Morgan fingerprint density at radius 2 is 1.87 bits per heavy atom. The van der Waals surface area contributed by atoms with Gasteiger partial charge in [0.15, 0.2) is 0 Å². The number of carbonyl (C=O) groups is 1. The zero-order chi connectivity index (χ0) is 33.6. The fraction of sp³-hybridized carbons (Fsp3) is 0.452. The van der Waals surface area contributed by atoms with Crippen molar-refractivity contribution in [1.29, 1.82) is 0 Å². The lowest BCUT2D eigenvalue weighted by molar-refractivity contribution is -0.127. The van der Waals surface area contributed by atoms with E-state index in [2.05, 4.69) is 41.5 Å². The second-order valence-corrected chi connectivity index (χ2v) is 13.8.